The summed E-state index contributed by atoms with van der Waals surface area (Å²) in [5, 5.41) is 79.6. The Morgan fingerprint density at radius 1 is 0.844 bits per heavy atom. The predicted molar refractivity (Wildman–Crippen MR) is 107 cm³/mol. The molecule has 11 nitrogen and oxygen atoms in total. The maximum atomic E-state index is 12.8. The lowest BCUT2D eigenvalue weighted by Crippen LogP contribution is -2.55. The summed E-state index contributed by atoms with van der Waals surface area (Å²) >= 11 is 0. The van der Waals surface area contributed by atoms with Crippen LogP contribution in [0.4, 0.5) is 0 Å². The monoisotopic (exact) mass is 448 g/mol. The van der Waals surface area contributed by atoms with Gasteiger partial charge in [0.1, 0.15) is 58.7 Å². The Bertz CT molecular complexity index is 1230. The molecule has 1 aromatic heterocycles. The Morgan fingerprint density at radius 2 is 1.56 bits per heavy atom. The predicted octanol–water partition coefficient (Wildman–Crippen LogP) is -0.203. The first-order valence-electron chi connectivity index (χ1n) is 9.49. The minimum atomic E-state index is -1.80. The first kappa shape index (κ1) is 21.9. The van der Waals surface area contributed by atoms with E-state index in [1.54, 1.807) is 0 Å². The van der Waals surface area contributed by atoms with Crippen LogP contribution in [0.15, 0.2) is 39.5 Å². The van der Waals surface area contributed by atoms with E-state index in [4.69, 9.17) is 9.15 Å². The quantitative estimate of drug-likeness (QED) is 0.247. The molecule has 1 aliphatic heterocycles. The van der Waals surface area contributed by atoms with Crippen molar-refractivity contribution in [2.24, 2.45) is 0 Å². The van der Waals surface area contributed by atoms with Gasteiger partial charge in [0, 0.05) is 17.7 Å². The molecule has 4 rings (SSSR count). The Labute approximate surface area is 179 Å². The minimum absolute atomic E-state index is 0.0304. The Kier molecular flexibility index (Phi) is 5.44. The molecule has 0 unspecified atom stereocenters. The number of fused-ring (bicyclic) bond motifs is 1. The SMILES string of the molecule is O=c1cc(-c2ccc(O)c(O)c2)oc2cc(O)c([C@H]3O[C@H](CO)[C@@H](O)[C@@H](O)[C@@H]3O)c(O)c12. The van der Waals surface area contributed by atoms with Crippen molar-refractivity contribution in [3.05, 3.63) is 46.1 Å². The molecule has 1 saturated heterocycles. The molecule has 32 heavy (non-hydrogen) atoms. The van der Waals surface area contributed by atoms with Gasteiger partial charge in [0.2, 0.25) is 0 Å². The second-order valence-electron chi connectivity index (χ2n) is 7.46. The lowest BCUT2D eigenvalue weighted by Gasteiger charge is -2.40. The molecule has 2 heterocycles. The third-order valence-electron chi connectivity index (χ3n) is 5.45. The van der Waals surface area contributed by atoms with Gasteiger partial charge in [0.15, 0.2) is 16.9 Å². The zero-order valence-electron chi connectivity index (χ0n) is 16.3. The van der Waals surface area contributed by atoms with E-state index in [-0.39, 0.29) is 28.0 Å². The Hall–Kier alpha value is -3.35. The molecule has 2 aromatic carbocycles. The summed E-state index contributed by atoms with van der Waals surface area (Å²) in [5.74, 6) is -2.28. The summed E-state index contributed by atoms with van der Waals surface area (Å²) < 4.78 is 11.0. The summed E-state index contributed by atoms with van der Waals surface area (Å²) in [6.45, 7) is -0.721. The summed E-state index contributed by atoms with van der Waals surface area (Å²) in [5.41, 5.74) is -1.17. The molecule has 11 heteroatoms. The fraction of sp³-hybridized carbons (Fsp3) is 0.286. The molecular formula is C21H20O11. The van der Waals surface area contributed by atoms with Crippen molar-refractivity contribution in [1.29, 1.82) is 0 Å². The van der Waals surface area contributed by atoms with E-state index in [0.29, 0.717) is 0 Å². The van der Waals surface area contributed by atoms with Gasteiger partial charge in [-0.15, -0.1) is 0 Å². The van der Waals surface area contributed by atoms with Crippen molar-refractivity contribution in [3.63, 3.8) is 0 Å². The molecular weight excluding hydrogens is 428 g/mol. The van der Waals surface area contributed by atoms with Crippen LogP contribution in [0, 0.1) is 0 Å². The highest BCUT2D eigenvalue weighted by molar-refractivity contribution is 5.88. The first-order chi connectivity index (χ1) is 15.1. The number of rotatable bonds is 3. The summed E-state index contributed by atoms with van der Waals surface area (Å²) in [7, 11) is 0. The second kappa shape index (κ2) is 7.97. The molecule has 3 aromatic rings. The molecule has 0 saturated carbocycles. The number of phenolic OH excluding ortho intramolecular Hbond substituents is 4. The third-order valence-corrected chi connectivity index (χ3v) is 5.45. The third kappa shape index (κ3) is 3.42. The van der Waals surface area contributed by atoms with Crippen molar-refractivity contribution in [2.45, 2.75) is 30.5 Å². The van der Waals surface area contributed by atoms with Crippen molar-refractivity contribution >= 4 is 11.0 Å². The zero-order chi connectivity index (χ0) is 23.3. The van der Waals surface area contributed by atoms with E-state index >= 15 is 0 Å². The highest BCUT2D eigenvalue weighted by atomic mass is 16.5. The van der Waals surface area contributed by atoms with Crippen LogP contribution in [0.1, 0.15) is 11.7 Å². The van der Waals surface area contributed by atoms with Crippen LogP contribution >= 0.6 is 0 Å². The second-order valence-corrected chi connectivity index (χ2v) is 7.46. The number of aliphatic hydroxyl groups excluding tert-OH is 4. The molecule has 0 bridgehead atoms. The van der Waals surface area contributed by atoms with Gasteiger partial charge < -0.3 is 50.0 Å². The number of hydrogen-bond donors (Lipinski definition) is 8. The highest BCUT2D eigenvalue weighted by Gasteiger charge is 2.46. The van der Waals surface area contributed by atoms with Gasteiger partial charge in [-0.1, -0.05) is 0 Å². The van der Waals surface area contributed by atoms with E-state index in [1.165, 1.54) is 12.1 Å². The van der Waals surface area contributed by atoms with Crippen LogP contribution in [-0.4, -0.2) is 71.9 Å². The van der Waals surface area contributed by atoms with Crippen LogP contribution in [0.3, 0.4) is 0 Å². The maximum absolute atomic E-state index is 12.8. The van der Waals surface area contributed by atoms with Gasteiger partial charge in [-0.05, 0) is 18.2 Å². The lowest BCUT2D eigenvalue weighted by atomic mass is 9.89. The zero-order valence-corrected chi connectivity index (χ0v) is 16.3. The molecule has 170 valence electrons. The van der Waals surface area contributed by atoms with E-state index in [2.05, 4.69) is 0 Å². The standard InChI is InChI=1S/C21H20O11/c22-6-14-17(27)19(29)20(30)21(32-14)16-11(26)5-13-15(18(16)28)10(25)4-12(31-13)7-1-2-8(23)9(24)3-7/h1-5,14,17,19-24,26-30H,6H2/t14-,17-,19-,20+,21-/m1/s1. The number of ether oxygens (including phenoxy) is 1. The van der Waals surface area contributed by atoms with Gasteiger partial charge >= 0.3 is 0 Å². The van der Waals surface area contributed by atoms with Crippen LogP contribution < -0.4 is 5.43 Å². The molecule has 0 spiro atoms. The molecule has 1 aliphatic rings. The molecule has 1 fully saturated rings. The van der Waals surface area contributed by atoms with Gasteiger partial charge in [-0.3, -0.25) is 4.79 Å². The normalized spacial score (nSPS) is 25.8. The minimum Gasteiger partial charge on any atom is -0.507 e. The molecule has 0 aliphatic carbocycles. The summed E-state index contributed by atoms with van der Waals surface area (Å²) in [4.78, 5) is 12.8. The van der Waals surface area contributed by atoms with Crippen LogP contribution in [0.2, 0.25) is 0 Å². The Balaban J connectivity index is 1.86. The fourth-order valence-corrected chi connectivity index (χ4v) is 3.74. The van der Waals surface area contributed by atoms with Crippen LogP contribution in [-0.2, 0) is 4.74 Å². The van der Waals surface area contributed by atoms with Gasteiger partial charge in [0.05, 0.1) is 12.2 Å². The smallest absolute Gasteiger partial charge is 0.197 e. The molecule has 0 radical (unpaired) electrons. The number of aromatic hydroxyl groups is 4. The van der Waals surface area contributed by atoms with Crippen molar-refractivity contribution in [1.82, 2.24) is 0 Å². The summed E-state index contributed by atoms with van der Waals surface area (Å²) in [6.07, 6.45) is -8.09. The molecule has 8 N–H and O–H groups in total. The van der Waals surface area contributed by atoms with Gasteiger partial charge in [0.25, 0.3) is 0 Å². The van der Waals surface area contributed by atoms with Crippen molar-refractivity contribution in [2.75, 3.05) is 6.61 Å². The van der Waals surface area contributed by atoms with E-state index in [0.717, 1.165) is 18.2 Å². The fourth-order valence-electron chi connectivity index (χ4n) is 3.74. The van der Waals surface area contributed by atoms with Crippen molar-refractivity contribution in [3.8, 4) is 34.3 Å². The van der Waals surface area contributed by atoms with Crippen LogP contribution in [0.25, 0.3) is 22.3 Å². The topological polar surface area (TPSA) is 201 Å². The number of aliphatic hydroxyl groups is 4. The number of phenols is 4. The average molecular weight is 448 g/mol. The molecule has 5 atom stereocenters. The van der Waals surface area contributed by atoms with E-state index in [1.807, 2.05) is 0 Å². The van der Waals surface area contributed by atoms with Crippen LogP contribution in [0.5, 0.6) is 23.0 Å². The first-order valence-corrected chi connectivity index (χ1v) is 9.49. The lowest BCUT2D eigenvalue weighted by molar-refractivity contribution is -0.232. The van der Waals surface area contributed by atoms with E-state index in [9.17, 15) is 45.6 Å². The number of hydrogen-bond acceptors (Lipinski definition) is 11. The maximum Gasteiger partial charge on any atom is 0.197 e. The van der Waals surface area contributed by atoms with Gasteiger partial charge in [-0.25, -0.2) is 0 Å². The highest BCUT2D eigenvalue weighted by Crippen LogP contribution is 2.44. The van der Waals surface area contributed by atoms with Gasteiger partial charge in [-0.2, -0.15) is 0 Å². The Morgan fingerprint density at radius 3 is 2.22 bits per heavy atom. The van der Waals surface area contributed by atoms with E-state index < -0.39 is 65.4 Å². The summed E-state index contributed by atoms with van der Waals surface area (Å²) in [6, 6.07) is 5.73. The number of benzene rings is 2. The molecule has 0 amide bonds. The average Bonchev–Trinajstić information content (AvgIpc) is 2.74. The largest absolute Gasteiger partial charge is 0.507 e. The van der Waals surface area contributed by atoms with Crippen molar-refractivity contribution < 1.29 is 50.0 Å².